The Bertz CT molecular complexity index is 1150. The largest absolute Gasteiger partial charge is 0.466 e. The van der Waals surface area contributed by atoms with Crippen molar-refractivity contribution in [1.29, 1.82) is 0 Å². The fourth-order valence-corrected chi connectivity index (χ4v) is 9.78. The zero-order valence-corrected chi connectivity index (χ0v) is 47.7. The lowest BCUT2D eigenvalue weighted by Crippen LogP contribution is -2.45. The van der Waals surface area contributed by atoms with Crippen molar-refractivity contribution in [3.8, 4) is 0 Å². The number of nitrogens with one attached hydrogen (secondary N) is 1. The molecule has 1 amide bonds. The van der Waals surface area contributed by atoms with Crippen molar-refractivity contribution in [2.24, 2.45) is 0 Å². The highest BCUT2D eigenvalue weighted by molar-refractivity contribution is 5.76. The van der Waals surface area contributed by atoms with Gasteiger partial charge >= 0.3 is 5.97 Å². The number of rotatable bonds is 59. The first kappa shape index (κ1) is 69.1. The lowest BCUT2D eigenvalue weighted by atomic mass is 10.0. The van der Waals surface area contributed by atoms with Crippen LogP contribution in [-0.4, -0.2) is 47.4 Å². The number of aliphatic hydroxyl groups is 2. The molecule has 0 bridgehead atoms. The number of hydrogen-bond donors (Lipinski definition) is 3. The molecular formula is C65H123NO5. The van der Waals surface area contributed by atoms with E-state index in [9.17, 15) is 19.8 Å². The Hall–Kier alpha value is -1.92. The summed E-state index contributed by atoms with van der Waals surface area (Å²) in [5.41, 5.74) is 0. The van der Waals surface area contributed by atoms with Crippen LogP contribution in [0.15, 0.2) is 36.5 Å². The monoisotopic (exact) mass is 998 g/mol. The molecule has 2 atom stereocenters. The van der Waals surface area contributed by atoms with Crippen molar-refractivity contribution in [1.82, 2.24) is 5.32 Å². The van der Waals surface area contributed by atoms with E-state index in [0.717, 1.165) is 51.4 Å². The second-order valence-electron chi connectivity index (χ2n) is 21.7. The molecule has 0 aromatic rings. The maximum atomic E-state index is 12.4. The number of esters is 1. The van der Waals surface area contributed by atoms with Gasteiger partial charge in [0.15, 0.2) is 0 Å². The molecule has 2 unspecified atom stereocenters. The van der Waals surface area contributed by atoms with Crippen molar-refractivity contribution in [2.75, 3.05) is 13.2 Å². The van der Waals surface area contributed by atoms with Crippen LogP contribution in [0.4, 0.5) is 0 Å². The molecule has 0 aliphatic rings. The summed E-state index contributed by atoms with van der Waals surface area (Å²) in [6.45, 7) is 4.92. The van der Waals surface area contributed by atoms with E-state index in [1.807, 2.05) is 0 Å². The summed E-state index contributed by atoms with van der Waals surface area (Å²) in [6.07, 6.45) is 76.0. The Labute approximate surface area is 443 Å². The van der Waals surface area contributed by atoms with Crippen molar-refractivity contribution in [3.05, 3.63) is 36.5 Å². The average Bonchev–Trinajstić information content (AvgIpc) is 3.37. The normalized spacial score (nSPS) is 12.8. The fourth-order valence-electron chi connectivity index (χ4n) is 9.78. The van der Waals surface area contributed by atoms with Crippen LogP contribution in [-0.2, 0) is 14.3 Å². The fraction of sp³-hybridized carbons (Fsp3) is 0.877. The van der Waals surface area contributed by atoms with Gasteiger partial charge in [-0.25, -0.2) is 0 Å². The molecule has 3 N–H and O–H groups in total. The molecule has 0 aliphatic carbocycles. The van der Waals surface area contributed by atoms with Crippen LogP contribution >= 0.6 is 0 Å². The number of allylic oxidation sites excluding steroid dienone is 6. The molecule has 0 fully saturated rings. The lowest BCUT2D eigenvalue weighted by molar-refractivity contribution is -0.143. The van der Waals surface area contributed by atoms with E-state index in [0.29, 0.717) is 25.9 Å². The smallest absolute Gasteiger partial charge is 0.305 e. The van der Waals surface area contributed by atoms with Gasteiger partial charge in [-0.05, 0) is 83.5 Å². The summed E-state index contributed by atoms with van der Waals surface area (Å²) < 4.78 is 5.49. The van der Waals surface area contributed by atoms with E-state index in [2.05, 4.69) is 55.6 Å². The Morgan fingerprint density at radius 3 is 1.11 bits per heavy atom. The van der Waals surface area contributed by atoms with Gasteiger partial charge in [0, 0.05) is 12.8 Å². The molecule has 0 radical (unpaired) electrons. The Morgan fingerprint density at radius 1 is 0.394 bits per heavy atom. The summed E-state index contributed by atoms with van der Waals surface area (Å²) >= 11 is 0. The first-order valence-electron chi connectivity index (χ1n) is 31.7. The SMILES string of the molecule is CCCCC/C=C\C/C=C\CCCCCCCCCC(=O)OCCCCCCCCCCCCCC/C=C\CCCCCCCCCCCCCC(=O)NC(CO)C(O)CCCCCCCCCCCC. The molecule has 0 aliphatic heterocycles. The predicted octanol–water partition coefficient (Wildman–Crippen LogP) is 20.0. The van der Waals surface area contributed by atoms with E-state index in [-0.39, 0.29) is 18.5 Å². The third-order valence-electron chi connectivity index (χ3n) is 14.7. The molecule has 0 saturated carbocycles. The van der Waals surface area contributed by atoms with Crippen molar-refractivity contribution in [3.63, 3.8) is 0 Å². The van der Waals surface area contributed by atoms with E-state index < -0.39 is 12.1 Å². The Balaban J connectivity index is 3.36. The standard InChI is InChI=1S/C65H123NO5/c1-3-5-7-9-11-13-15-16-17-29-33-36-39-43-47-51-55-59-65(70)71-60-56-52-48-44-40-37-34-31-28-26-24-22-20-18-19-21-23-25-27-30-32-35-38-42-46-50-54-58-64(69)66-62(61-67)63(68)57-53-49-45-41-14-12-10-8-6-4-2/h11,13,16-19,62-63,67-68H,3-10,12,14-15,20-61H2,1-2H3,(H,66,69)/b13-11-,17-16-,19-18-. The first-order valence-corrected chi connectivity index (χ1v) is 31.7. The van der Waals surface area contributed by atoms with Crippen LogP contribution in [0.5, 0.6) is 0 Å². The van der Waals surface area contributed by atoms with Gasteiger partial charge in [-0.2, -0.15) is 0 Å². The summed E-state index contributed by atoms with van der Waals surface area (Å²) in [7, 11) is 0. The van der Waals surface area contributed by atoms with E-state index in [4.69, 9.17) is 4.74 Å². The summed E-state index contributed by atoms with van der Waals surface area (Å²) in [4.78, 5) is 24.5. The van der Waals surface area contributed by atoms with Crippen LogP contribution in [0.25, 0.3) is 0 Å². The minimum atomic E-state index is -0.663. The number of carbonyl (C=O) groups is 2. The highest BCUT2D eigenvalue weighted by Gasteiger charge is 2.20. The van der Waals surface area contributed by atoms with Crippen molar-refractivity contribution >= 4 is 11.9 Å². The van der Waals surface area contributed by atoms with Gasteiger partial charge in [0.25, 0.3) is 0 Å². The van der Waals surface area contributed by atoms with Crippen LogP contribution in [0.1, 0.15) is 341 Å². The molecule has 418 valence electrons. The van der Waals surface area contributed by atoms with E-state index >= 15 is 0 Å². The number of aliphatic hydroxyl groups excluding tert-OH is 2. The van der Waals surface area contributed by atoms with Gasteiger partial charge in [-0.3, -0.25) is 9.59 Å². The highest BCUT2D eigenvalue weighted by Crippen LogP contribution is 2.17. The quantitative estimate of drug-likeness (QED) is 0.0321. The van der Waals surface area contributed by atoms with Crippen LogP contribution in [0.3, 0.4) is 0 Å². The maximum Gasteiger partial charge on any atom is 0.305 e. The van der Waals surface area contributed by atoms with Crippen LogP contribution < -0.4 is 5.32 Å². The molecule has 0 heterocycles. The number of unbranched alkanes of at least 4 members (excludes halogenated alkanes) is 42. The van der Waals surface area contributed by atoms with Gasteiger partial charge in [-0.1, -0.05) is 281 Å². The third kappa shape index (κ3) is 57.2. The second kappa shape index (κ2) is 60.6. The van der Waals surface area contributed by atoms with Gasteiger partial charge < -0.3 is 20.3 Å². The summed E-state index contributed by atoms with van der Waals surface area (Å²) in [6, 6.07) is -0.540. The minimum absolute atomic E-state index is 0.00730. The molecule has 6 heteroatoms. The zero-order valence-electron chi connectivity index (χ0n) is 47.7. The number of carbonyl (C=O) groups excluding carboxylic acids is 2. The Morgan fingerprint density at radius 2 is 0.704 bits per heavy atom. The molecule has 0 saturated heterocycles. The lowest BCUT2D eigenvalue weighted by Gasteiger charge is -2.22. The second-order valence-corrected chi connectivity index (χ2v) is 21.7. The van der Waals surface area contributed by atoms with E-state index in [1.54, 1.807) is 0 Å². The van der Waals surface area contributed by atoms with Gasteiger partial charge in [0.2, 0.25) is 5.91 Å². The van der Waals surface area contributed by atoms with Gasteiger partial charge in [0.05, 0.1) is 25.4 Å². The van der Waals surface area contributed by atoms with Crippen molar-refractivity contribution < 1.29 is 24.5 Å². The van der Waals surface area contributed by atoms with E-state index in [1.165, 1.54) is 257 Å². The molecule has 0 aromatic heterocycles. The average molecular weight is 999 g/mol. The molecule has 0 rings (SSSR count). The minimum Gasteiger partial charge on any atom is -0.466 e. The maximum absolute atomic E-state index is 12.4. The van der Waals surface area contributed by atoms with Crippen molar-refractivity contribution in [2.45, 2.75) is 353 Å². The van der Waals surface area contributed by atoms with Gasteiger partial charge in [0.1, 0.15) is 0 Å². The molecule has 0 aromatic carbocycles. The Kier molecular flexibility index (Phi) is 59.0. The summed E-state index contributed by atoms with van der Waals surface area (Å²) in [5, 5.41) is 23.2. The molecule has 6 nitrogen and oxygen atoms in total. The predicted molar refractivity (Wildman–Crippen MR) is 310 cm³/mol. The molecular weight excluding hydrogens is 875 g/mol. The first-order chi connectivity index (χ1) is 35.0. The summed E-state index contributed by atoms with van der Waals surface area (Å²) in [5.74, 6) is -0.0295. The third-order valence-corrected chi connectivity index (χ3v) is 14.7. The van der Waals surface area contributed by atoms with Crippen LogP contribution in [0, 0.1) is 0 Å². The topological polar surface area (TPSA) is 95.9 Å². The number of amides is 1. The highest BCUT2D eigenvalue weighted by atomic mass is 16.5. The zero-order chi connectivity index (χ0) is 51.4. The molecule has 71 heavy (non-hydrogen) atoms. The van der Waals surface area contributed by atoms with Crippen LogP contribution in [0.2, 0.25) is 0 Å². The number of hydrogen-bond acceptors (Lipinski definition) is 5. The van der Waals surface area contributed by atoms with Gasteiger partial charge in [-0.15, -0.1) is 0 Å². The molecule has 0 spiro atoms. The number of ether oxygens (including phenoxy) is 1.